The first-order valence-electron chi connectivity index (χ1n) is 6.54. The van der Waals surface area contributed by atoms with E-state index in [0.717, 1.165) is 13.0 Å². The first-order chi connectivity index (χ1) is 9.33. The molecular formula is C14H22N2O4. The summed E-state index contributed by atoms with van der Waals surface area (Å²) in [6.45, 7) is 7.48. The molecule has 0 spiro atoms. The summed E-state index contributed by atoms with van der Waals surface area (Å²) in [5.74, 6) is 0.713. The number of nitro benzene ring substituents is 1. The van der Waals surface area contributed by atoms with Crippen LogP contribution in [-0.2, 0) is 0 Å². The molecule has 1 aromatic rings. The third-order valence-corrected chi connectivity index (χ3v) is 2.60. The van der Waals surface area contributed by atoms with Crippen molar-refractivity contribution in [3.63, 3.8) is 0 Å². The maximum atomic E-state index is 11.0. The molecule has 1 rings (SSSR count). The topological polar surface area (TPSA) is 73.6 Å². The Bertz CT molecular complexity index is 455. The lowest BCUT2D eigenvalue weighted by atomic mass is 10.1. The van der Waals surface area contributed by atoms with Crippen LogP contribution in [0.5, 0.6) is 11.5 Å². The van der Waals surface area contributed by atoms with Gasteiger partial charge in [-0.3, -0.25) is 10.1 Å². The number of benzene rings is 1. The second-order valence-corrected chi connectivity index (χ2v) is 5.47. The molecule has 1 N–H and O–H groups in total. The van der Waals surface area contributed by atoms with Gasteiger partial charge in [0.2, 0.25) is 0 Å². The largest absolute Gasteiger partial charge is 0.496 e. The van der Waals surface area contributed by atoms with Crippen molar-refractivity contribution in [3.8, 4) is 11.5 Å². The van der Waals surface area contributed by atoms with Crippen LogP contribution in [0.4, 0.5) is 5.69 Å². The third kappa shape index (κ3) is 5.44. The van der Waals surface area contributed by atoms with E-state index >= 15 is 0 Å². The molecule has 0 aliphatic rings. The highest BCUT2D eigenvalue weighted by molar-refractivity contribution is 5.50. The van der Waals surface area contributed by atoms with E-state index < -0.39 is 4.92 Å². The minimum absolute atomic E-state index is 0.0616. The van der Waals surface area contributed by atoms with Crippen molar-refractivity contribution in [2.75, 3.05) is 20.3 Å². The fourth-order valence-corrected chi connectivity index (χ4v) is 1.61. The maximum absolute atomic E-state index is 11.0. The Morgan fingerprint density at radius 3 is 2.60 bits per heavy atom. The van der Waals surface area contributed by atoms with Gasteiger partial charge in [-0.1, -0.05) is 0 Å². The van der Waals surface area contributed by atoms with Crippen LogP contribution < -0.4 is 14.8 Å². The van der Waals surface area contributed by atoms with Gasteiger partial charge in [0.15, 0.2) is 5.75 Å². The molecule has 0 radical (unpaired) electrons. The first-order valence-corrected chi connectivity index (χ1v) is 6.54. The molecule has 1 aromatic carbocycles. The van der Waals surface area contributed by atoms with Crippen LogP contribution in [0.1, 0.15) is 27.2 Å². The second kappa shape index (κ2) is 7.09. The smallest absolute Gasteiger partial charge is 0.314 e. The second-order valence-electron chi connectivity index (χ2n) is 5.47. The number of ether oxygens (including phenoxy) is 2. The third-order valence-electron chi connectivity index (χ3n) is 2.60. The van der Waals surface area contributed by atoms with Crippen LogP contribution >= 0.6 is 0 Å². The van der Waals surface area contributed by atoms with E-state index in [9.17, 15) is 10.1 Å². The van der Waals surface area contributed by atoms with Crippen molar-refractivity contribution in [1.82, 2.24) is 5.32 Å². The normalized spacial score (nSPS) is 11.2. The van der Waals surface area contributed by atoms with Crippen LogP contribution in [0.3, 0.4) is 0 Å². The zero-order valence-corrected chi connectivity index (χ0v) is 12.4. The predicted molar refractivity (Wildman–Crippen MR) is 77.5 cm³/mol. The van der Waals surface area contributed by atoms with Gasteiger partial charge < -0.3 is 14.8 Å². The molecule has 0 atom stereocenters. The SMILES string of the molecule is COc1ccc(OCCCNC(C)(C)C)c([N+](=O)[O-])c1. The van der Waals surface area contributed by atoms with E-state index in [1.807, 2.05) is 0 Å². The molecule has 0 bridgehead atoms. The molecule has 0 heterocycles. The zero-order valence-electron chi connectivity index (χ0n) is 12.4. The van der Waals surface area contributed by atoms with E-state index in [-0.39, 0.29) is 17.0 Å². The van der Waals surface area contributed by atoms with E-state index in [2.05, 4.69) is 26.1 Å². The van der Waals surface area contributed by atoms with Gasteiger partial charge in [0, 0.05) is 5.54 Å². The Balaban J connectivity index is 2.53. The summed E-state index contributed by atoms with van der Waals surface area (Å²) in [6, 6.07) is 4.58. The highest BCUT2D eigenvalue weighted by Crippen LogP contribution is 2.30. The molecule has 112 valence electrons. The number of hydrogen-bond acceptors (Lipinski definition) is 5. The molecular weight excluding hydrogens is 260 g/mol. The van der Waals surface area contributed by atoms with Crippen LogP contribution in [-0.4, -0.2) is 30.7 Å². The highest BCUT2D eigenvalue weighted by atomic mass is 16.6. The van der Waals surface area contributed by atoms with Crippen molar-refractivity contribution < 1.29 is 14.4 Å². The molecule has 0 unspecified atom stereocenters. The molecule has 0 saturated carbocycles. The summed E-state index contributed by atoms with van der Waals surface area (Å²) >= 11 is 0. The first kappa shape index (κ1) is 16.2. The van der Waals surface area contributed by atoms with Crippen molar-refractivity contribution in [1.29, 1.82) is 0 Å². The lowest BCUT2D eigenvalue weighted by molar-refractivity contribution is -0.385. The van der Waals surface area contributed by atoms with Gasteiger partial charge in [-0.05, 0) is 45.9 Å². The Labute approximate surface area is 119 Å². The highest BCUT2D eigenvalue weighted by Gasteiger charge is 2.16. The Morgan fingerprint density at radius 2 is 2.05 bits per heavy atom. The van der Waals surface area contributed by atoms with Crippen molar-refractivity contribution in [3.05, 3.63) is 28.3 Å². The standard InChI is InChI=1S/C14H22N2O4/c1-14(2,3)15-8-5-9-20-13-7-6-11(19-4)10-12(13)16(17)18/h6-7,10,15H,5,8-9H2,1-4H3. The fraction of sp³-hybridized carbons (Fsp3) is 0.571. The van der Waals surface area contributed by atoms with Gasteiger partial charge in [-0.15, -0.1) is 0 Å². The van der Waals surface area contributed by atoms with Gasteiger partial charge in [0.05, 0.1) is 24.7 Å². The lowest BCUT2D eigenvalue weighted by Gasteiger charge is -2.20. The molecule has 20 heavy (non-hydrogen) atoms. The van der Waals surface area contributed by atoms with Crippen LogP contribution in [0.2, 0.25) is 0 Å². The lowest BCUT2D eigenvalue weighted by Crippen LogP contribution is -2.36. The quantitative estimate of drug-likeness (QED) is 0.473. The summed E-state index contributed by atoms with van der Waals surface area (Å²) in [4.78, 5) is 10.5. The number of nitro groups is 1. The zero-order chi connectivity index (χ0) is 15.2. The van der Waals surface area contributed by atoms with Gasteiger partial charge in [0.25, 0.3) is 0 Å². The minimum atomic E-state index is -0.467. The number of methoxy groups -OCH3 is 1. The molecule has 0 aromatic heterocycles. The van der Waals surface area contributed by atoms with E-state index in [0.29, 0.717) is 12.4 Å². The van der Waals surface area contributed by atoms with Crippen molar-refractivity contribution in [2.24, 2.45) is 0 Å². The number of rotatable bonds is 7. The van der Waals surface area contributed by atoms with Crippen LogP contribution in [0, 0.1) is 10.1 Å². The molecule has 6 heteroatoms. The average Bonchev–Trinajstić information content (AvgIpc) is 2.37. The van der Waals surface area contributed by atoms with Crippen molar-refractivity contribution in [2.45, 2.75) is 32.7 Å². The monoisotopic (exact) mass is 282 g/mol. The Kier molecular flexibility index (Phi) is 5.76. The van der Waals surface area contributed by atoms with Gasteiger partial charge in [-0.25, -0.2) is 0 Å². The Morgan fingerprint density at radius 1 is 1.35 bits per heavy atom. The number of hydrogen-bond donors (Lipinski definition) is 1. The van der Waals surface area contributed by atoms with Gasteiger partial charge in [-0.2, -0.15) is 0 Å². The molecule has 0 saturated heterocycles. The summed E-state index contributed by atoms with van der Waals surface area (Å²) < 4.78 is 10.4. The summed E-state index contributed by atoms with van der Waals surface area (Å²) in [7, 11) is 1.47. The molecule has 0 aliphatic carbocycles. The molecule has 0 amide bonds. The fourth-order valence-electron chi connectivity index (χ4n) is 1.61. The maximum Gasteiger partial charge on any atom is 0.314 e. The van der Waals surface area contributed by atoms with E-state index in [1.54, 1.807) is 12.1 Å². The number of nitrogens with one attached hydrogen (secondary N) is 1. The van der Waals surface area contributed by atoms with Gasteiger partial charge in [0.1, 0.15) is 5.75 Å². The van der Waals surface area contributed by atoms with E-state index in [4.69, 9.17) is 9.47 Å². The molecule has 0 aliphatic heterocycles. The number of nitrogens with zero attached hydrogens (tertiary/aromatic N) is 1. The summed E-state index contributed by atoms with van der Waals surface area (Å²) in [6.07, 6.45) is 0.778. The summed E-state index contributed by atoms with van der Waals surface area (Å²) in [5, 5.41) is 14.3. The molecule has 0 fully saturated rings. The average molecular weight is 282 g/mol. The minimum Gasteiger partial charge on any atom is -0.496 e. The van der Waals surface area contributed by atoms with E-state index in [1.165, 1.54) is 13.2 Å². The van der Waals surface area contributed by atoms with Crippen LogP contribution in [0.25, 0.3) is 0 Å². The predicted octanol–water partition coefficient (Wildman–Crippen LogP) is 2.76. The summed E-state index contributed by atoms with van der Waals surface area (Å²) in [5.41, 5.74) is -0.0142. The van der Waals surface area contributed by atoms with Gasteiger partial charge >= 0.3 is 5.69 Å². The Hall–Kier alpha value is -1.82. The molecule has 6 nitrogen and oxygen atoms in total. The van der Waals surface area contributed by atoms with Crippen LogP contribution in [0.15, 0.2) is 18.2 Å². The van der Waals surface area contributed by atoms with Crippen molar-refractivity contribution >= 4 is 5.69 Å².